The molecular formula is C29H33N5O4. The molecule has 4 aromatic rings. The summed E-state index contributed by atoms with van der Waals surface area (Å²) in [4.78, 5) is 36.3. The summed E-state index contributed by atoms with van der Waals surface area (Å²) in [6.45, 7) is 2.71. The lowest BCUT2D eigenvalue weighted by Crippen LogP contribution is -2.40. The zero-order valence-corrected chi connectivity index (χ0v) is 21.7. The van der Waals surface area contributed by atoms with E-state index in [0.717, 1.165) is 24.0 Å². The topological polar surface area (TPSA) is 104 Å². The highest BCUT2D eigenvalue weighted by Gasteiger charge is 2.25. The molecule has 2 aliphatic rings. The third kappa shape index (κ3) is 4.55. The van der Waals surface area contributed by atoms with Crippen LogP contribution in [-0.2, 0) is 19.6 Å². The van der Waals surface area contributed by atoms with Gasteiger partial charge in [0.2, 0.25) is 5.88 Å². The Bertz CT molecular complexity index is 1560. The number of rotatable bonds is 10. The van der Waals surface area contributed by atoms with Crippen molar-refractivity contribution in [3.05, 3.63) is 74.6 Å². The summed E-state index contributed by atoms with van der Waals surface area (Å²) in [6, 6.07) is 12.3. The molecule has 6 rings (SSSR count). The van der Waals surface area contributed by atoms with E-state index in [1.54, 1.807) is 6.20 Å². The molecule has 0 bridgehead atoms. The molecule has 2 saturated carbocycles. The van der Waals surface area contributed by atoms with E-state index in [2.05, 4.69) is 29.2 Å². The van der Waals surface area contributed by atoms with E-state index in [1.807, 2.05) is 23.6 Å². The number of nitrogens with zero attached hydrogens (tertiary/aromatic N) is 5. The Hall–Kier alpha value is -3.72. The van der Waals surface area contributed by atoms with Crippen molar-refractivity contribution in [1.82, 2.24) is 23.7 Å². The van der Waals surface area contributed by atoms with Gasteiger partial charge in [-0.1, -0.05) is 24.3 Å². The minimum absolute atomic E-state index is 0.102. The van der Waals surface area contributed by atoms with Gasteiger partial charge < -0.3 is 14.4 Å². The standard InChI is InChI=1S/C29H33N5O4/c1-2-32-27-25(28(36)33(29(32)37)15-4-16-35)34(18-19-7-9-20(10-8-19)21-11-12-21)26(31-27)22-13-14-24(30-17-22)38-23-5-3-6-23/h7-10,13-14,17,21,23,35H,2-6,11-12,15-16,18H2,1H3. The Morgan fingerprint density at radius 3 is 2.39 bits per heavy atom. The number of fused-ring (bicyclic) bond motifs is 1. The third-order valence-electron chi connectivity index (χ3n) is 7.67. The molecule has 0 atom stereocenters. The molecule has 0 unspecified atom stereocenters. The van der Waals surface area contributed by atoms with Crippen LogP contribution in [0.3, 0.4) is 0 Å². The molecular weight excluding hydrogens is 482 g/mol. The predicted octanol–water partition coefficient (Wildman–Crippen LogP) is 3.68. The maximum atomic E-state index is 13.7. The molecule has 3 aromatic heterocycles. The van der Waals surface area contributed by atoms with Crippen LogP contribution in [0.25, 0.3) is 22.6 Å². The van der Waals surface area contributed by atoms with Crippen molar-refractivity contribution >= 4 is 11.2 Å². The number of aromatic nitrogens is 5. The van der Waals surface area contributed by atoms with Crippen molar-refractivity contribution in [1.29, 1.82) is 0 Å². The molecule has 0 spiro atoms. The summed E-state index contributed by atoms with van der Waals surface area (Å²) >= 11 is 0. The largest absolute Gasteiger partial charge is 0.474 e. The SMILES string of the molecule is CCn1c(=O)n(CCCO)c(=O)c2c1nc(-c1ccc(OC3CCC3)nc1)n2Cc1ccc(C2CC2)cc1. The lowest BCUT2D eigenvalue weighted by molar-refractivity contribution is 0.114. The molecule has 1 N–H and O–H groups in total. The molecule has 3 heterocycles. The van der Waals surface area contributed by atoms with Gasteiger partial charge in [-0.25, -0.2) is 14.8 Å². The van der Waals surface area contributed by atoms with E-state index in [4.69, 9.17) is 9.72 Å². The molecule has 2 aliphatic carbocycles. The molecule has 9 heteroatoms. The van der Waals surface area contributed by atoms with E-state index in [-0.39, 0.29) is 19.3 Å². The Kier molecular flexibility index (Phi) is 6.61. The molecule has 1 aromatic carbocycles. The van der Waals surface area contributed by atoms with Gasteiger partial charge >= 0.3 is 5.69 Å². The zero-order chi connectivity index (χ0) is 26.2. The van der Waals surface area contributed by atoms with Gasteiger partial charge in [0.1, 0.15) is 11.9 Å². The second kappa shape index (κ2) is 10.2. The molecule has 198 valence electrons. The third-order valence-corrected chi connectivity index (χ3v) is 7.67. The first-order valence-corrected chi connectivity index (χ1v) is 13.6. The van der Waals surface area contributed by atoms with Crippen molar-refractivity contribution < 1.29 is 9.84 Å². The first-order chi connectivity index (χ1) is 18.6. The number of ether oxygens (including phenoxy) is 1. The van der Waals surface area contributed by atoms with Crippen LogP contribution < -0.4 is 16.0 Å². The van der Waals surface area contributed by atoms with Crippen LogP contribution in [-0.4, -0.2) is 41.5 Å². The van der Waals surface area contributed by atoms with E-state index >= 15 is 0 Å². The fourth-order valence-electron chi connectivity index (χ4n) is 5.11. The van der Waals surface area contributed by atoms with Crippen molar-refractivity contribution in [2.45, 2.75) is 77.1 Å². The molecule has 0 aliphatic heterocycles. The highest BCUT2D eigenvalue weighted by Crippen LogP contribution is 2.40. The second-order valence-corrected chi connectivity index (χ2v) is 10.3. The first-order valence-electron chi connectivity index (χ1n) is 13.6. The summed E-state index contributed by atoms with van der Waals surface area (Å²) < 4.78 is 10.6. The molecule has 2 fully saturated rings. The Labute approximate surface area is 220 Å². The van der Waals surface area contributed by atoms with Crippen molar-refractivity contribution in [3.8, 4) is 17.3 Å². The maximum Gasteiger partial charge on any atom is 0.332 e. The lowest BCUT2D eigenvalue weighted by Gasteiger charge is -2.25. The van der Waals surface area contributed by atoms with E-state index in [0.29, 0.717) is 48.3 Å². The van der Waals surface area contributed by atoms with Gasteiger partial charge in [0, 0.05) is 44.1 Å². The van der Waals surface area contributed by atoms with Crippen LogP contribution in [0.4, 0.5) is 0 Å². The van der Waals surface area contributed by atoms with Gasteiger partial charge in [-0.15, -0.1) is 0 Å². The average Bonchev–Trinajstić information content (AvgIpc) is 3.69. The summed E-state index contributed by atoms with van der Waals surface area (Å²) in [6.07, 6.45) is 8.04. The van der Waals surface area contributed by atoms with Crippen LogP contribution in [0.5, 0.6) is 5.88 Å². The van der Waals surface area contributed by atoms with E-state index in [9.17, 15) is 14.7 Å². The molecule has 0 radical (unpaired) electrons. The van der Waals surface area contributed by atoms with Crippen molar-refractivity contribution in [2.75, 3.05) is 6.61 Å². The molecule has 38 heavy (non-hydrogen) atoms. The molecule has 0 saturated heterocycles. The Balaban J connectivity index is 1.48. The van der Waals surface area contributed by atoms with Gasteiger partial charge in [0.05, 0.1) is 0 Å². The second-order valence-electron chi connectivity index (χ2n) is 10.3. The highest BCUT2D eigenvalue weighted by atomic mass is 16.5. The Morgan fingerprint density at radius 1 is 1.00 bits per heavy atom. The number of aliphatic hydroxyl groups is 1. The number of hydrogen-bond donors (Lipinski definition) is 1. The van der Waals surface area contributed by atoms with Crippen LogP contribution >= 0.6 is 0 Å². The quantitative estimate of drug-likeness (QED) is 0.346. The normalized spacial score (nSPS) is 15.6. The highest BCUT2D eigenvalue weighted by molar-refractivity contribution is 5.77. The van der Waals surface area contributed by atoms with Crippen LogP contribution in [0, 0.1) is 0 Å². The smallest absolute Gasteiger partial charge is 0.332 e. The first kappa shape index (κ1) is 24.6. The van der Waals surface area contributed by atoms with Gasteiger partial charge in [-0.05, 0) is 68.6 Å². The predicted molar refractivity (Wildman–Crippen MR) is 145 cm³/mol. The zero-order valence-electron chi connectivity index (χ0n) is 21.7. The number of hydrogen-bond acceptors (Lipinski definition) is 6. The van der Waals surface area contributed by atoms with Gasteiger partial charge in [-0.2, -0.15) is 0 Å². The van der Waals surface area contributed by atoms with Crippen molar-refractivity contribution in [3.63, 3.8) is 0 Å². The van der Waals surface area contributed by atoms with Crippen LogP contribution in [0.15, 0.2) is 52.2 Å². The van der Waals surface area contributed by atoms with E-state index in [1.165, 1.54) is 34.0 Å². The van der Waals surface area contributed by atoms with Crippen LogP contribution in [0.1, 0.15) is 62.5 Å². The summed E-state index contributed by atoms with van der Waals surface area (Å²) in [5.41, 5.74) is 3.07. The lowest BCUT2D eigenvalue weighted by atomic mass is 9.96. The molecule has 9 nitrogen and oxygen atoms in total. The van der Waals surface area contributed by atoms with Gasteiger partial charge in [0.25, 0.3) is 5.56 Å². The number of imidazole rings is 1. The van der Waals surface area contributed by atoms with Gasteiger partial charge in [-0.3, -0.25) is 13.9 Å². The summed E-state index contributed by atoms with van der Waals surface area (Å²) in [7, 11) is 0. The number of aryl methyl sites for hydroxylation is 1. The number of pyridine rings is 1. The average molecular weight is 516 g/mol. The maximum absolute atomic E-state index is 13.7. The van der Waals surface area contributed by atoms with Crippen LogP contribution in [0.2, 0.25) is 0 Å². The number of benzene rings is 1. The van der Waals surface area contributed by atoms with E-state index < -0.39 is 11.2 Å². The minimum Gasteiger partial charge on any atom is -0.474 e. The number of aliphatic hydroxyl groups excluding tert-OH is 1. The van der Waals surface area contributed by atoms with Gasteiger partial charge in [0.15, 0.2) is 11.2 Å². The monoisotopic (exact) mass is 515 g/mol. The van der Waals surface area contributed by atoms with Crippen molar-refractivity contribution in [2.24, 2.45) is 0 Å². The Morgan fingerprint density at radius 2 is 1.79 bits per heavy atom. The fraction of sp³-hybridized carbons (Fsp3) is 0.448. The summed E-state index contributed by atoms with van der Waals surface area (Å²) in [5, 5.41) is 9.35. The summed E-state index contributed by atoms with van der Waals surface area (Å²) in [5.74, 6) is 1.82. The minimum atomic E-state index is -0.411. The fourth-order valence-corrected chi connectivity index (χ4v) is 5.11. The molecule has 0 amide bonds.